The van der Waals surface area contributed by atoms with E-state index in [1.165, 1.54) is 4.57 Å². The quantitative estimate of drug-likeness (QED) is 0.844. The van der Waals surface area contributed by atoms with Crippen LogP contribution in [0.5, 0.6) is 0 Å². The molecule has 0 bridgehead atoms. The fourth-order valence-electron chi connectivity index (χ4n) is 2.11. The van der Waals surface area contributed by atoms with Crippen molar-refractivity contribution in [3.8, 4) is 0 Å². The molecule has 3 atom stereocenters. The first-order valence-corrected chi connectivity index (χ1v) is 6.62. The standard InChI is InChI=1S/C11H9Cl3N2O3/c12-4-1-6-7(2-5(4)13)16(11(14)15-6)10-9(18)8(17)3-19-10/h1-2,8-10,17-18H,3H2/t8-,9-,10-/m1/s1. The molecule has 0 unspecified atom stereocenters. The van der Waals surface area contributed by atoms with Crippen molar-refractivity contribution in [2.24, 2.45) is 0 Å². The van der Waals surface area contributed by atoms with Gasteiger partial charge in [0.2, 0.25) is 5.28 Å². The highest BCUT2D eigenvalue weighted by Gasteiger charge is 2.37. The van der Waals surface area contributed by atoms with E-state index in [-0.39, 0.29) is 11.9 Å². The van der Waals surface area contributed by atoms with Gasteiger partial charge in [0.05, 0.1) is 27.7 Å². The van der Waals surface area contributed by atoms with Crippen molar-refractivity contribution in [2.75, 3.05) is 6.61 Å². The number of hydrogen-bond donors (Lipinski definition) is 2. The van der Waals surface area contributed by atoms with Crippen LogP contribution in [-0.4, -0.2) is 38.6 Å². The van der Waals surface area contributed by atoms with E-state index in [1.807, 2.05) is 0 Å². The van der Waals surface area contributed by atoms with Gasteiger partial charge in [-0.15, -0.1) is 0 Å². The number of hydrogen-bond acceptors (Lipinski definition) is 4. The van der Waals surface area contributed by atoms with Gasteiger partial charge in [-0.3, -0.25) is 4.57 Å². The minimum atomic E-state index is -1.08. The van der Waals surface area contributed by atoms with Crippen LogP contribution in [0.15, 0.2) is 12.1 Å². The Bertz CT molecular complexity index is 646. The van der Waals surface area contributed by atoms with E-state index in [2.05, 4.69) is 4.98 Å². The molecule has 1 aromatic heterocycles. The Morgan fingerprint density at radius 2 is 1.89 bits per heavy atom. The van der Waals surface area contributed by atoms with Crippen LogP contribution in [0.2, 0.25) is 15.3 Å². The van der Waals surface area contributed by atoms with Crippen LogP contribution in [0.4, 0.5) is 0 Å². The number of fused-ring (bicyclic) bond motifs is 1. The van der Waals surface area contributed by atoms with Gasteiger partial charge in [-0.1, -0.05) is 23.2 Å². The van der Waals surface area contributed by atoms with Crippen molar-refractivity contribution in [1.29, 1.82) is 0 Å². The van der Waals surface area contributed by atoms with Gasteiger partial charge in [-0.2, -0.15) is 0 Å². The molecule has 1 aliphatic rings. The number of halogens is 3. The second-order valence-corrected chi connectivity index (χ2v) is 5.44. The van der Waals surface area contributed by atoms with E-state index in [9.17, 15) is 10.2 Å². The normalized spacial score (nSPS) is 27.3. The van der Waals surface area contributed by atoms with Gasteiger partial charge < -0.3 is 14.9 Å². The maximum atomic E-state index is 9.90. The summed E-state index contributed by atoms with van der Waals surface area (Å²) in [4.78, 5) is 4.13. The lowest BCUT2D eigenvalue weighted by Crippen LogP contribution is -2.28. The SMILES string of the molecule is O[C@@H]1[C@H](O)CO[C@H]1n1c(Cl)nc2cc(Cl)c(Cl)cc21. The molecule has 19 heavy (non-hydrogen) atoms. The summed E-state index contributed by atoms with van der Waals surface area (Å²) < 4.78 is 6.83. The fraction of sp³-hybridized carbons (Fsp3) is 0.364. The van der Waals surface area contributed by atoms with Crippen LogP contribution in [0.1, 0.15) is 6.23 Å². The molecule has 0 amide bonds. The third-order valence-electron chi connectivity index (χ3n) is 3.07. The van der Waals surface area contributed by atoms with E-state index < -0.39 is 18.4 Å². The lowest BCUT2D eigenvalue weighted by Gasteiger charge is -2.18. The van der Waals surface area contributed by atoms with Crippen LogP contribution >= 0.6 is 34.8 Å². The molecule has 0 radical (unpaired) electrons. The summed E-state index contributed by atoms with van der Waals surface area (Å²) in [5.74, 6) is 0. The Hall–Kier alpha value is -0.560. The third kappa shape index (κ3) is 2.11. The molecule has 0 saturated carbocycles. The average molecular weight is 324 g/mol. The number of benzene rings is 1. The van der Waals surface area contributed by atoms with Crippen molar-refractivity contribution in [2.45, 2.75) is 18.4 Å². The molecule has 5 nitrogen and oxygen atoms in total. The maximum absolute atomic E-state index is 9.90. The molecule has 2 N–H and O–H groups in total. The number of ether oxygens (including phenoxy) is 1. The molecular weight excluding hydrogens is 314 g/mol. The van der Waals surface area contributed by atoms with Gasteiger partial charge in [0, 0.05) is 0 Å². The number of imidazole rings is 1. The van der Waals surface area contributed by atoms with Crippen molar-refractivity contribution in [1.82, 2.24) is 9.55 Å². The first kappa shape index (κ1) is 13.4. The summed E-state index contributed by atoms with van der Waals surface area (Å²) >= 11 is 17.9. The highest BCUT2D eigenvalue weighted by atomic mass is 35.5. The Morgan fingerprint density at radius 1 is 1.21 bits per heavy atom. The number of rotatable bonds is 1. The Labute approximate surface area is 123 Å². The summed E-state index contributed by atoms with van der Waals surface area (Å²) in [6.45, 7) is 0.0309. The molecular formula is C11H9Cl3N2O3. The van der Waals surface area contributed by atoms with Gasteiger partial charge in [0.15, 0.2) is 6.23 Å². The van der Waals surface area contributed by atoms with Crippen molar-refractivity contribution in [3.63, 3.8) is 0 Å². The lowest BCUT2D eigenvalue weighted by atomic mass is 10.2. The molecule has 1 aliphatic heterocycles. The van der Waals surface area contributed by atoms with Gasteiger partial charge >= 0.3 is 0 Å². The predicted molar refractivity (Wildman–Crippen MR) is 71.8 cm³/mol. The van der Waals surface area contributed by atoms with Gasteiger partial charge in [-0.25, -0.2) is 4.98 Å². The van der Waals surface area contributed by atoms with Crippen LogP contribution in [0.3, 0.4) is 0 Å². The molecule has 2 aromatic rings. The number of aromatic nitrogens is 2. The summed E-state index contributed by atoms with van der Waals surface area (Å²) in [5, 5.41) is 20.3. The molecule has 1 fully saturated rings. The highest BCUT2D eigenvalue weighted by molar-refractivity contribution is 6.42. The molecule has 3 rings (SSSR count). The zero-order valence-electron chi connectivity index (χ0n) is 9.42. The molecule has 102 valence electrons. The molecule has 0 spiro atoms. The van der Waals surface area contributed by atoms with Crippen LogP contribution in [0.25, 0.3) is 11.0 Å². The molecule has 1 aromatic carbocycles. The predicted octanol–water partition coefficient (Wildman–Crippen LogP) is 2.25. The number of nitrogens with zero attached hydrogens (tertiary/aromatic N) is 2. The Morgan fingerprint density at radius 3 is 2.53 bits per heavy atom. The van der Waals surface area contributed by atoms with Gasteiger partial charge in [0.1, 0.15) is 12.2 Å². The van der Waals surface area contributed by atoms with E-state index in [1.54, 1.807) is 12.1 Å². The van der Waals surface area contributed by atoms with Gasteiger partial charge in [-0.05, 0) is 23.7 Å². The zero-order valence-corrected chi connectivity index (χ0v) is 11.7. The van der Waals surface area contributed by atoms with Crippen molar-refractivity contribution < 1.29 is 14.9 Å². The second kappa shape index (κ2) is 4.77. The summed E-state index contributed by atoms with van der Waals surface area (Å²) in [5.41, 5.74) is 1.12. The van der Waals surface area contributed by atoms with E-state index in [0.717, 1.165) is 0 Å². The minimum Gasteiger partial charge on any atom is -0.388 e. The zero-order chi connectivity index (χ0) is 13.7. The topological polar surface area (TPSA) is 67.5 Å². The van der Waals surface area contributed by atoms with E-state index in [0.29, 0.717) is 21.1 Å². The van der Waals surface area contributed by atoms with Gasteiger partial charge in [0.25, 0.3) is 0 Å². The largest absolute Gasteiger partial charge is 0.388 e. The van der Waals surface area contributed by atoms with Crippen molar-refractivity contribution >= 4 is 45.8 Å². The van der Waals surface area contributed by atoms with E-state index in [4.69, 9.17) is 39.5 Å². The molecule has 0 aliphatic carbocycles. The first-order valence-electron chi connectivity index (χ1n) is 5.49. The van der Waals surface area contributed by atoms with Crippen LogP contribution in [0, 0.1) is 0 Å². The fourth-order valence-corrected chi connectivity index (χ4v) is 2.71. The number of aliphatic hydroxyl groups is 2. The Balaban J connectivity index is 2.18. The second-order valence-electron chi connectivity index (χ2n) is 4.29. The number of aliphatic hydroxyl groups excluding tert-OH is 2. The average Bonchev–Trinajstić information content (AvgIpc) is 2.82. The summed E-state index contributed by atoms with van der Waals surface area (Å²) in [6, 6.07) is 3.18. The molecule has 1 saturated heterocycles. The lowest BCUT2D eigenvalue weighted by molar-refractivity contribution is -0.0158. The molecule has 2 heterocycles. The smallest absolute Gasteiger partial charge is 0.206 e. The Kier molecular flexibility index (Phi) is 3.37. The molecule has 8 heteroatoms. The maximum Gasteiger partial charge on any atom is 0.206 e. The van der Waals surface area contributed by atoms with Crippen LogP contribution < -0.4 is 0 Å². The minimum absolute atomic E-state index is 0.0309. The first-order chi connectivity index (χ1) is 8.99. The van der Waals surface area contributed by atoms with Crippen LogP contribution in [-0.2, 0) is 4.74 Å². The van der Waals surface area contributed by atoms with Crippen molar-refractivity contribution in [3.05, 3.63) is 27.5 Å². The highest BCUT2D eigenvalue weighted by Crippen LogP contribution is 2.35. The van der Waals surface area contributed by atoms with E-state index >= 15 is 0 Å². The summed E-state index contributed by atoms with van der Waals surface area (Å²) in [7, 11) is 0. The summed E-state index contributed by atoms with van der Waals surface area (Å²) in [6.07, 6.45) is -2.84. The monoisotopic (exact) mass is 322 g/mol. The third-order valence-corrected chi connectivity index (χ3v) is 4.06.